The van der Waals surface area contributed by atoms with E-state index in [1.165, 1.54) is 16.8 Å². The second-order valence-corrected chi connectivity index (χ2v) is 15.3. The molecule has 4 heterocycles. The molecule has 0 saturated carbocycles. The fourth-order valence-corrected chi connectivity index (χ4v) is 7.42. The molecule has 4 bridgehead atoms. The Hall–Kier alpha value is -3.30. The van der Waals surface area contributed by atoms with Gasteiger partial charge in [0, 0.05) is 36.7 Å². The van der Waals surface area contributed by atoms with Gasteiger partial charge in [-0.3, -0.25) is 4.72 Å². The zero-order valence-corrected chi connectivity index (χ0v) is 28.3. The summed E-state index contributed by atoms with van der Waals surface area (Å²) < 4.78 is 77.0. The molecule has 0 aliphatic carbocycles. The first-order valence-electron chi connectivity index (χ1n) is 15.0. The highest BCUT2D eigenvalue weighted by Gasteiger charge is 2.48. The van der Waals surface area contributed by atoms with Gasteiger partial charge in [-0.05, 0) is 57.1 Å². The molecule has 0 unspecified atom stereocenters. The number of nitrogens with one attached hydrogen (secondary N) is 1. The maximum atomic E-state index is 13.6. The van der Waals surface area contributed by atoms with Crippen molar-refractivity contribution in [3.8, 4) is 22.1 Å². The highest BCUT2D eigenvalue weighted by molar-refractivity contribution is 7.98. The van der Waals surface area contributed by atoms with Crippen LogP contribution in [-0.2, 0) is 16.4 Å². The lowest BCUT2D eigenvalue weighted by atomic mass is 9.94. The molecule has 3 aromatic heterocycles. The Morgan fingerprint density at radius 3 is 2.59 bits per heavy atom. The van der Waals surface area contributed by atoms with Crippen LogP contribution in [0.3, 0.4) is 0 Å². The summed E-state index contributed by atoms with van der Waals surface area (Å²) in [7, 11) is -4.12. The third-order valence-electron chi connectivity index (χ3n) is 7.72. The minimum Gasteiger partial charge on any atom is -0.476 e. The summed E-state index contributed by atoms with van der Waals surface area (Å²) in [6.45, 7) is 3.05. The van der Waals surface area contributed by atoms with Crippen LogP contribution in [0, 0.1) is 5.41 Å². The van der Waals surface area contributed by atoms with E-state index in [0.717, 1.165) is 87.3 Å². The van der Waals surface area contributed by atoms with E-state index in [0.29, 0.717) is 16.5 Å². The molecule has 0 radical (unpaired) electrons. The molecule has 0 spiro atoms. The number of anilines is 2. The summed E-state index contributed by atoms with van der Waals surface area (Å²) in [4.78, 5) is 11.4. The third kappa shape index (κ3) is 7.97. The van der Waals surface area contributed by atoms with E-state index in [-0.39, 0.29) is 16.0 Å². The number of thiazole rings is 1. The number of halogens is 3. The van der Waals surface area contributed by atoms with Gasteiger partial charge in [0.05, 0.1) is 5.41 Å². The van der Waals surface area contributed by atoms with E-state index in [1.54, 1.807) is 24.0 Å². The van der Waals surface area contributed by atoms with Crippen molar-refractivity contribution in [1.29, 1.82) is 0 Å². The number of hydrogen-bond acceptors (Lipinski definition) is 9. The molecule has 1 aliphatic rings. The number of nitrogens with zero attached hydrogens (tertiary/aromatic N) is 5. The molecule has 1 aromatic carbocycles. The van der Waals surface area contributed by atoms with Gasteiger partial charge < -0.3 is 9.64 Å². The molecule has 1 N–H and O–H groups in total. The predicted molar refractivity (Wildman–Crippen MR) is 178 cm³/mol. The molecule has 4 aromatic rings. The van der Waals surface area contributed by atoms with Crippen molar-refractivity contribution in [1.82, 2.24) is 19.7 Å². The predicted octanol–water partition coefficient (Wildman–Crippen LogP) is 7.44. The highest BCUT2D eigenvalue weighted by Crippen LogP contribution is 2.39. The summed E-state index contributed by atoms with van der Waals surface area (Å²) in [6.07, 6.45) is 3.91. The standard InChI is InChI=1S/C31H37F3N6O3S3/c1-30(2,31(32,33)34)21-43-25-16-18-40(37-25)28-27-23-13-8-7-12-22(23)11-6-4-5-9-17-39(19-20-44-3)24-14-10-15-26(35-24)46(41,42)38-29(36-27)45-28/h7-8,10,12-16,18H,4-6,9,11,17,19-21H2,1-3H3,(H,36,38). The van der Waals surface area contributed by atoms with Crippen molar-refractivity contribution in [3.05, 3.63) is 60.3 Å². The summed E-state index contributed by atoms with van der Waals surface area (Å²) in [5, 5.41) is 4.86. The van der Waals surface area contributed by atoms with Crippen LogP contribution in [0.15, 0.2) is 59.8 Å². The van der Waals surface area contributed by atoms with Gasteiger partial charge in [-0.1, -0.05) is 54.5 Å². The molecule has 0 fully saturated rings. The highest BCUT2D eigenvalue weighted by atomic mass is 32.2. The molecule has 1 aliphatic heterocycles. The van der Waals surface area contributed by atoms with Gasteiger partial charge in [-0.15, -0.1) is 5.10 Å². The first-order chi connectivity index (χ1) is 21.9. The van der Waals surface area contributed by atoms with E-state index in [2.05, 4.69) is 19.7 Å². The van der Waals surface area contributed by atoms with E-state index in [9.17, 15) is 21.6 Å². The molecule has 0 saturated heterocycles. The molecule has 46 heavy (non-hydrogen) atoms. The Balaban J connectivity index is 1.54. The van der Waals surface area contributed by atoms with Crippen molar-refractivity contribution >= 4 is 44.1 Å². The summed E-state index contributed by atoms with van der Waals surface area (Å²) in [6, 6.07) is 14.3. The number of aryl methyl sites for hydroxylation is 1. The first-order valence-corrected chi connectivity index (χ1v) is 18.7. The van der Waals surface area contributed by atoms with Gasteiger partial charge in [-0.2, -0.15) is 33.4 Å². The molecule has 0 atom stereocenters. The van der Waals surface area contributed by atoms with Crippen LogP contribution in [0.1, 0.15) is 45.1 Å². The Morgan fingerprint density at radius 1 is 1.02 bits per heavy atom. The van der Waals surface area contributed by atoms with Crippen LogP contribution in [0.5, 0.6) is 5.88 Å². The van der Waals surface area contributed by atoms with Crippen LogP contribution in [-0.4, -0.2) is 66.0 Å². The fourth-order valence-electron chi connectivity index (χ4n) is 4.90. The summed E-state index contributed by atoms with van der Waals surface area (Å²) >= 11 is 2.79. The van der Waals surface area contributed by atoms with Crippen molar-refractivity contribution in [3.63, 3.8) is 0 Å². The molecule has 248 valence electrons. The van der Waals surface area contributed by atoms with Crippen molar-refractivity contribution in [2.75, 3.05) is 41.3 Å². The van der Waals surface area contributed by atoms with Gasteiger partial charge in [0.1, 0.15) is 23.1 Å². The number of hydrogen-bond donors (Lipinski definition) is 1. The van der Waals surface area contributed by atoms with Crippen molar-refractivity contribution in [2.24, 2.45) is 5.41 Å². The molecule has 15 heteroatoms. The van der Waals surface area contributed by atoms with Gasteiger partial charge in [-0.25, -0.2) is 14.6 Å². The maximum absolute atomic E-state index is 13.6. The topological polar surface area (TPSA) is 102 Å². The number of aromatic nitrogens is 4. The van der Waals surface area contributed by atoms with Crippen LogP contribution in [0.4, 0.5) is 24.1 Å². The lowest BCUT2D eigenvalue weighted by molar-refractivity contribution is -0.219. The van der Waals surface area contributed by atoms with Crippen LogP contribution in [0.2, 0.25) is 0 Å². The number of alkyl halides is 3. The van der Waals surface area contributed by atoms with Crippen LogP contribution >= 0.6 is 23.1 Å². The third-order valence-corrected chi connectivity index (χ3v) is 10.6. The number of rotatable bonds is 7. The molecular formula is C31H37F3N6O3S3. The maximum Gasteiger partial charge on any atom is 0.397 e. The number of fused-ring (bicyclic) bond motifs is 6. The Kier molecular flexibility index (Phi) is 10.5. The second kappa shape index (κ2) is 14.2. The minimum absolute atomic E-state index is 0.00795. The van der Waals surface area contributed by atoms with Crippen LogP contribution < -0.4 is 14.4 Å². The van der Waals surface area contributed by atoms with E-state index < -0.39 is 28.2 Å². The number of thioether (sulfide) groups is 1. The second-order valence-electron chi connectivity index (χ2n) is 11.7. The van der Waals surface area contributed by atoms with E-state index >= 15 is 0 Å². The molecule has 5 rings (SSSR count). The number of ether oxygens (including phenoxy) is 1. The zero-order valence-electron chi connectivity index (χ0n) is 25.9. The minimum atomic E-state index is -4.45. The lowest BCUT2D eigenvalue weighted by Gasteiger charge is -2.26. The summed E-state index contributed by atoms with van der Waals surface area (Å²) in [5.41, 5.74) is 0.299. The average molecular weight is 695 g/mol. The fraction of sp³-hybridized carbons (Fsp3) is 0.452. The molecule has 9 nitrogen and oxygen atoms in total. The monoisotopic (exact) mass is 694 g/mol. The molecular weight excluding hydrogens is 658 g/mol. The quantitative estimate of drug-likeness (QED) is 0.213. The average Bonchev–Trinajstić information content (AvgIpc) is 3.65. The van der Waals surface area contributed by atoms with Crippen molar-refractivity contribution < 1.29 is 26.3 Å². The first kappa shape index (κ1) is 34.0. The van der Waals surface area contributed by atoms with Gasteiger partial charge in [0.2, 0.25) is 5.88 Å². The van der Waals surface area contributed by atoms with Crippen molar-refractivity contribution in [2.45, 2.75) is 57.2 Å². The Labute approximate surface area is 275 Å². The number of pyridine rings is 1. The summed E-state index contributed by atoms with van der Waals surface area (Å²) in [5.74, 6) is 1.50. The van der Waals surface area contributed by atoms with E-state index in [4.69, 9.17) is 9.72 Å². The molecule has 0 amide bonds. The largest absolute Gasteiger partial charge is 0.476 e. The van der Waals surface area contributed by atoms with Crippen LogP contribution in [0.25, 0.3) is 16.3 Å². The smallest absolute Gasteiger partial charge is 0.397 e. The van der Waals surface area contributed by atoms with E-state index in [1.807, 2.05) is 36.6 Å². The lowest BCUT2D eigenvalue weighted by Crippen LogP contribution is -2.37. The zero-order chi connectivity index (χ0) is 33.0. The number of benzene rings is 1. The SMILES string of the molecule is CSCCN1CCCCCCc2ccccc2-c2nc(sc2-n2ccc(OCC(C)(C)C(F)(F)F)n2)NS(=O)(=O)c2cccc1n2. The van der Waals surface area contributed by atoms with Gasteiger partial charge in [0.25, 0.3) is 10.0 Å². The van der Waals surface area contributed by atoms with Gasteiger partial charge >= 0.3 is 6.18 Å². The van der Waals surface area contributed by atoms with Gasteiger partial charge in [0.15, 0.2) is 10.2 Å². The normalized spacial score (nSPS) is 15.9. The number of sulfonamides is 1. The Bertz CT molecular complexity index is 1740. The Morgan fingerprint density at radius 2 is 1.80 bits per heavy atom.